The first-order chi connectivity index (χ1) is 9.51. The molecule has 0 fully saturated rings. The molecule has 1 N–H and O–H groups in total. The number of nitrogens with zero attached hydrogens (tertiary/aromatic N) is 2. The highest BCUT2D eigenvalue weighted by Gasteiger charge is 2.13. The number of aromatic nitrogens is 2. The van der Waals surface area contributed by atoms with Gasteiger partial charge in [-0.1, -0.05) is 11.6 Å². The van der Waals surface area contributed by atoms with Crippen molar-refractivity contribution in [1.29, 1.82) is 0 Å². The summed E-state index contributed by atoms with van der Waals surface area (Å²) in [5.74, 6) is 0.213. The second kappa shape index (κ2) is 6.51. The number of benzene rings is 1. The number of ether oxygens (including phenoxy) is 1. The van der Waals surface area contributed by atoms with E-state index in [-0.39, 0.29) is 16.8 Å². The molecular formula is C12H8Br2ClN3O2. The van der Waals surface area contributed by atoms with E-state index in [4.69, 9.17) is 16.3 Å². The van der Waals surface area contributed by atoms with Crippen LogP contribution in [0.2, 0.25) is 5.15 Å². The van der Waals surface area contributed by atoms with Gasteiger partial charge in [0.2, 0.25) is 0 Å². The van der Waals surface area contributed by atoms with Crippen molar-refractivity contribution in [2.45, 2.75) is 0 Å². The summed E-state index contributed by atoms with van der Waals surface area (Å²) in [6, 6.07) is 3.47. The molecule has 5 nitrogen and oxygen atoms in total. The van der Waals surface area contributed by atoms with Gasteiger partial charge >= 0.3 is 0 Å². The maximum atomic E-state index is 12.0. The van der Waals surface area contributed by atoms with E-state index in [1.807, 2.05) is 0 Å². The quantitative estimate of drug-likeness (QED) is 0.816. The van der Waals surface area contributed by atoms with Crippen LogP contribution in [0.25, 0.3) is 0 Å². The van der Waals surface area contributed by atoms with Crippen LogP contribution in [0.5, 0.6) is 5.75 Å². The molecule has 0 radical (unpaired) electrons. The average molecular weight is 421 g/mol. The highest BCUT2D eigenvalue weighted by atomic mass is 79.9. The van der Waals surface area contributed by atoms with Crippen LogP contribution >= 0.6 is 43.5 Å². The van der Waals surface area contributed by atoms with Crippen molar-refractivity contribution in [2.24, 2.45) is 0 Å². The zero-order valence-corrected chi connectivity index (χ0v) is 14.1. The van der Waals surface area contributed by atoms with Gasteiger partial charge in [-0.3, -0.25) is 4.79 Å². The summed E-state index contributed by atoms with van der Waals surface area (Å²) in [7, 11) is 1.55. The standard InChI is InChI=1S/C12H8Br2ClN3O2/c1-20-10-3-8(6(13)2-7(10)14)18-12(19)9-4-17-11(15)5-16-9/h2-5H,1H3,(H,18,19). The van der Waals surface area contributed by atoms with E-state index >= 15 is 0 Å². The molecule has 104 valence electrons. The third-order valence-electron chi connectivity index (χ3n) is 2.34. The molecule has 1 aromatic carbocycles. The third kappa shape index (κ3) is 3.47. The van der Waals surface area contributed by atoms with Crippen LogP contribution in [0.3, 0.4) is 0 Å². The number of carbonyl (C=O) groups excluding carboxylic acids is 1. The summed E-state index contributed by atoms with van der Waals surface area (Å²) < 4.78 is 6.66. The number of hydrogen-bond acceptors (Lipinski definition) is 4. The molecule has 8 heteroatoms. The molecule has 0 aliphatic rings. The van der Waals surface area contributed by atoms with Crippen molar-refractivity contribution in [3.05, 3.63) is 44.3 Å². The molecule has 0 spiro atoms. The monoisotopic (exact) mass is 419 g/mol. The Bertz CT molecular complexity index is 650. The van der Waals surface area contributed by atoms with Crippen LogP contribution < -0.4 is 10.1 Å². The molecule has 20 heavy (non-hydrogen) atoms. The number of carbonyl (C=O) groups is 1. The Hall–Kier alpha value is -1.18. The fourth-order valence-corrected chi connectivity index (χ4v) is 2.75. The third-order valence-corrected chi connectivity index (χ3v) is 3.81. The molecule has 1 aromatic heterocycles. The molecular weight excluding hydrogens is 413 g/mol. The molecule has 0 atom stereocenters. The van der Waals surface area contributed by atoms with Crippen LogP contribution in [0.4, 0.5) is 5.69 Å². The highest BCUT2D eigenvalue weighted by Crippen LogP contribution is 2.34. The first kappa shape index (κ1) is 15.2. The molecule has 2 aromatic rings. The summed E-state index contributed by atoms with van der Waals surface area (Å²) in [6.45, 7) is 0. The molecule has 2 rings (SSSR count). The van der Waals surface area contributed by atoms with Crippen LogP contribution in [0.15, 0.2) is 33.5 Å². The Kier molecular flexibility index (Phi) is 4.95. The molecule has 0 aliphatic heterocycles. The zero-order valence-electron chi connectivity index (χ0n) is 10.2. The lowest BCUT2D eigenvalue weighted by molar-refractivity contribution is 0.102. The Morgan fingerprint density at radius 3 is 2.60 bits per heavy atom. The zero-order chi connectivity index (χ0) is 14.7. The fourth-order valence-electron chi connectivity index (χ4n) is 1.40. The predicted molar refractivity (Wildman–Crippen MR) is 83.4 cm³/mol. The number of hydrogen-bond donors (Lipinski definition) is 1. The lowest BCUT2D eigenvalue weighted by Crippen LogP contribution is -2.14. The average Bonchev–Trinajstić information content (AvgIpc) is 2.42. The number of halogens is 3. The Morgan fingerprint density at radius 2 is 2.00 bits per heavy atom. The van der Waals surface area contributed by atoms with Gasteiger partial charge < -0.3 is 10.1 Å². The van der Waals surface area contributed by atoms with Crippen molar-refractivity contribution in [1.82, 2.24) is 9.97 Å². The number of rotatable bonds is 3. The van der Waals surface area contributed by atoms with E-state index in [2.05, 4.69) is 47.1 Å². The van der Waals surface area contributed by atoms with Gasteiger partial charge in [0, 0.05) is 10.5 Å². The summed E-state index contributed by atoms with van der Waals surface area (Å²) in [4.78, 5) is 19.7. The molecule has 0 saturated heterocycles. The van der Waals surface area contributed by atoms with E-state index in [0.29, 0.717) is 15.9 Å². The minimum Gasteiger partial charge on any atom is -0.495 e. The van der Waals surface area contributed by atoms with E-state index in [9.17, 15) is 4.79 Å². The van der Waals surface area contributed by atoms with Gasteiger partial charge in [0.25, 0.3) is 5.91 Å². The molecule has 1 heterocycles. The van der Waals surface area contributed by atoms with Gasteiger partial charge in [-0.05, 0) is 37.9 Å². The molecule has 0 aliphatic carbocycles. The van der Waals surface area contributed by atoms with Crippen LogP contribution in [-0.2, 0) is 0 Å². The fraction of sp³-hybridized carbons (Fsp3) is 0.0833. The van der Waals surface area contributed by atoms with Gasteiger partial charge in [-0.2, -0.15) is 0 Å². The summed E-state index contributed by atoms with van der Waals surface area (Å²) in [6.07, 6.45) is 2.62. The van der Waals surface area contributed by atoms with Gasteiger partial charge in [0.1, 0.15) is 16.6 Å². The number of anilines is 1. The largest absolute Gasteiger partial charge is 0.495 e. The van der Waals surface area contributed by atoms with Crippen molar-refractivity contribution in [2.75, 3.05) is 12.4 Å². The maximum absolute atomic E-state index is 12.0. The molecule has 0 unspecified atom stereocenters. The number of nitrogens with one attached hydrogen (secondary N) is 1. The molecule has 0 bridgehead atoms. The highest BCUT2D eigenvalue weighted by molar-refractivity contribution is 9.11. The van der Waals surface area contributed by atoms with Crippen LogP contribution in [0, 0.1) is 0 Å². The van der Waals surface area contributed by atoms with Crippen molar-refractivity contribution in [3.63, 3.8) is 0 Å². The SMILES string of the molecule is COc1cc(NC(=O)c2cnc(Cl)cn2)c(Br)cc1Br. The maximum Gasteiger partial charge on any atom is 0.275 e. The summed E-state index contributed by atoms with van der Waals surface area (Å²) >= 11 is 12.3. The van der Waals surface area contributed by atoms with Crippen molar-refractivity contribution >= 4 is 55.1 Å². The Balaban J connectivity index is 2.25. The molecule has 0 saturated carbocycles. The van der Waals surface area contributed by atoms with Gasteiger partial charge in [0.05, 0.1) is 29.7 Å². The predicted octanol–water partition coefficient (Wildman–Crippen LogP) is 3.92. The lowest BCUT2D eigenvalue weighted by Gasteiger charge is -2.10. The van der Waals surface area contributed by atoms with E-state index in [1.165, 1.54) is 12.4 Å². The van der Waals surface area contributed by atoms with E-state index in [1.54, 1.807) is 19.2 Å². The minimum atomic E-state index is -0.390. The van der Waals surface area contributed by atoms with Gasteiger partial charge in [0.15, 0.2) is 0 Å². The topological polar surface area (TPSA) is 64.1 Å². The van der Waals surface area contributed by atoms with Crippen LogP contribution in [-0.4, -0.2) is 23.0 Å². The Morgan fingerprint density at radius 1 is 1.25 bits per heavy atom. The normalized spacial score (nSPS) is 10.2. The number of amides is 1. The second-order valence-corrected chi connectivity index (χ2v) is 5.74. The minimum absolute atomic E-state index is 0.170. The summed E-state index contributed by atoms with van der Waals surface area (Å²) in [5, 5.41) is 2.95. The van der Waals surface area contributed by atoms with E-state index in [0.717, 1.165) is 4.47 Å². The summed E-state index contributed by atoms with van der Waals surface area (Å²) in [5.41, 5.74) is 0.731. The lowest BCUT2D eigenvalue weighted by atomic mass is 10.3. The second-order valence-electron chi connectivity index (χ2n) is 3.65. The first-order valence-corrected chi connectivity index (χ1v) is 7.29. The van der Waals surface area contributed by atoms with Gasteiger partial charge in [-0.15, -0.1) is 0 Å². The van der Waals surface area contributed by atoms with E-state index < -0.39 is 0 Å². The van der Waals surface area contributed by atoms with Crippen LogP contribution in [0.1, 0.15) is 10.5 Å². The Labute approximate surface area is 137 Å². The van der Waals surface area contributed by atoms with Crippen molar-refractivity contribution < 1.29 is 9.53 Å². The smallest absolute Gasteiger partial charge is 0.275 e. The van der Waals surface area contributed by atoms with Gasteiger partial charge in [-0.25, -0.2) is 9.97 Å². The first-order valence-electron chi connectivity index (χ1n) is 5.33. The molecule has 1 amide bonds. The van der Waals surface area contributed by atoms with Crippen molar-refractivity contribution in [3.8, 4) is 5.75 Å². The number of methoxy groups -OCH3 is 1.